The highest BCUT2D eigenvalue weighted by Crippen LogP contribution is 2.18. The van der Waals surface area contributed by atoms with Crippen molar-refractivity contribution in [2.24, 2.45) is 7.05 Å². The van der Waals surface area contributed by atoms with Gasteiger partial charge in [0.15, 0.2) is 32.1 Å². The van der Waals surface area contributed by atoms with Crippen LogP contribution in [0.4, 0.5) is 0 Å². The molecule has 3 aromatic rings. The van der Waals surface area contributed by atoms with Crippen LogP contribution in [-0.2, 0) is 26.7 Å². The van der Waals surface area contributed by atoms with Gasteiger partial charge in [0.05, 0.1) is 20.9 Å². The summed E-state index contributed by atoms with van der Waals surface area (Å²) in [5.41, 5.74) is 2.68. The van der Waals surface area contributed by atoms with E-state index in [0.29, 0.717) is 22.3 Å². The lowest BCUT2D eigenvalue weighted by Gasteiger charge is -2.01. The van der Waals surface area contributed by atoms with Crippen molar-refractivity contribution in [3.8, 4) is 23.7 Å². The number of hydrogen-bond donors (Lipinski definition) is 0. The van der Waals surface area contributed by atoms with E-state index in [9.17, 15) is 16.8 Å². The molecule has 0 amide bonds. The zero-order valence-electron chi connectivity index (χ0n) is 17.8. The second kappa shape index (κ2) is 10.1. The van der Waals surface area contributed by atoms with Gasteiger partial charge in [-0.15, -0.1) is 0 Å². The van der Waals surface area contributed by atoms with Crippen molar-refractivity contribution in [2.75, 3.05) is 12.5 Å². The van der Waals surface area contributed by atoms with Gasteiger partial charge < -0.3 is 0 Å². The number of benzene rings is 2. The summed E-state index contributed by atoms with van der Waals surface area (Å²) in [6.45, 7) is 0. The third-order valence-corrected chi connectivity index (χ3v) is 8.51. The van der Waals surface area contributed by atoms with Crippen LogP contribution in [0.1, 0.15) is 22.3 Å². The summed E-state index contributed by atoms with van der Waals surface area (Å²) in [4.78, 5) is 0.451. The first-order chi connectivity index (χ1) is 15.3. The van der Waals surface area contributed by atoms with E-state index in [1.54, 1.807) is 36.4 Å². The number of pyridine rings is 1. The van der Waals surface area contributed by atoms with E-state index >= 15 is 0 Å². The largest absolute Gasteiger partial charge is 0.224 e. The van der Waals surface area contributed by atoms with Crippen LogP contribution in [0.25, 0.3) is 0 Å². The Hall–Kier alpha value is -1.93. The summed E-state index contributed by atoms with van der Waals surface area (Å²) in [7, 11) is -4.78. The molecule has 0 saturated carbocycles. The number of nitrogens with zero attached hydrogens (tertiary/aromatic N) is 1. The lowest BCUT2D eigenvalue weighted by molar-refractivity contribution is -0.671. The van der Waals surface area contributed by atoms with E-state index in [4.69, 9.17) is 0 Å². The molecule has 0 aliphatic heterocycles. The molecule has 1 aromatic heterocycles. The Morgan fingerprint density at radius 1 is 0.667 bits per heavy atom. The van der Waals surface area contributed by atoms with E-state index < -0.39 is 19.7 Å². The first kappa shape index (κ1) is 25.7. The molecule has 0 unspecified atom stereocenters. The summed E-state index contributed by atoms with van der Waals surface area (Å²) >= 11 is 4.25. The van der Waals surface area contributed by atoms with Crippen molar-refractivity contribution >= 4 is 64.9 Å². The van der Waals surface area contributed by atoms with Gasteiger partial charge >= 0.3 is 0 Å². The maximum atomic E-state index is 11.8. The van der Waals surface area contributed by atoms with Crippen molar-refractivity contribution in [2.45, 2.75) is 9.79 Å². The Balaban J connectivity index is 1.99. The third-order valence-electron chi connectivity index (χ3n) is 4.41. The van der Waals surface area contributed by atoms with Gasteiger partial charge in [-0.2, -0.15) is 0 Å². The molecule has 0 atom stereocenters. The minimum atomic E-state index is -3.32. The number of sulfone groups is 2. The Morgan fingerprint density at radius 3 is 1.42 bits per heavy atom. The lowest BCUT2D eigenvalue weighted by Crippen LogP contribution is -2.27. The van der Waals surface area contributed by atoms with Crippen molar-refractivity contribution in [3.63, 3.8) is 0 Å². The summed E-state index contributed by atoms with van der Waals surface area (Å²) in [6, 6.07) is 11.6. The van der Waals surface area contributed by atoms with Crippen LogP contribution in [-0.4, -0.2) is 29.3 Å². The summed E-state index contributed by atoms with van der Waals surface area (Å²) < 4.78 is 50.9. The van der Waals surface area contributed by atoms with Gasteiger partial charge in [0.1, 0.15) is 7.05 Å². The van der Waals surface area contributed by atoms with Gasteiger partial charge in [-0.1, -0.05) is 23.7 Å². The average molecular weight is 702 g/mol. The molecule has 5 nitrogen and oxygen atoms in total. The molecule has 3 rings (SSSR count). The average Bonchev–Trinajstić information content (AvgIpc) is 2.70. The fraction of sp³-hybridized carbons (Fsp3) is 0.125. The molecule has 168 valence electrons. The standard InChI is InChI=1S/C24H18I2NO4S2/c1-27-15-17(4-6-19-13-21(32(2,28)29)8-10-23(19)25)12-18(16-27)5-7-20-14-22(33(3,30)31)9-11-24(20)26/h8-16H,1-3H3/q+1. The van der Waals surface area contributed by atoms with Crippen LogP contribution >= 0.6 is 45.2 Å². The van der Waals surface area contributed by atoms with Gasteiger partial charge in [-0.05, 0) is 87.6 Å². The number of aryl methyl sites for hydroxylation is 1. The third kappa shape index (κ3) is 7.03. The summed E-state index contributed by atoms with van der Waals surface area (Å²) in [6.07, 6.45) is 6.03. The quantitative estimate of drug-likeness (QED) is 0.234. The Labute approximate surface area is 221 Å². The Kier molecular flexibility index (Phi) is 7.89. The van der Waals surface area contributed by atoms with Gasteiger partial charge in [0, 0.05) is 30.8 Å². The molecule has 0 spiro atoms. The highest BCUT2D eigenvalue weighted by Gasteiger charge is 2.10. The smallest absolute Gasteiger partial charge is 0.184 e. The highest BCUT2D eigenvalue weighted by molar-refractivity contribution is 14.1. The van der Waals surface area contributed by atoms with Crippen LogP contribution < -0.4 is 4.57 Å². The molecule has 0 aliphatic carbocycles. The summed E-state index contributed by atoms with van der Waals surface area (Å²) in [5, 5.41) is 0. The van der Waals surface area contributed by atoms with E-state index in [1.165, 1.54) is 12.5 Å². The number of rotatable bonds is 2. The molecule has 9 heteroatoms. The van der Waals surface area contributed by atoms with Crippen LogP contribution in [0.15, 0.2) is 64.6 Å². The second-order valence-electron chi connectivity index (χ2n) is 7.31. The zero-order chi connectivity index (χ0) is 24.4. The van der Waals surface area contributed by atoms with Crippen molar-refractivity contribution in [1.82, 2.24) is 0 Å². The van der Waals surface area contributed by atoms with Gasteiger partial charge in [-0.25, -0.2) is 21.4 Å². The molecule has 0 N–H and O–H groups in total. The van der Waals surface area contributed by atoms with Gasteiger partial charge in [0.2, 0.25) is 0 Å². The monoisotopic (exact) mass is 702 g/mol. The molecular formula is C24H18I2NO4S2+. The molecule has 2 aromatic carbocycles. The van der Waals surface area contributed by atoms with E-state index in [-0.39, 0.29) is 9.79 Å². The topological polar surface area (TPSA) is 72.2 Å². The Morgan fingerprint density at radius 2 is 1.06 bits per heavy atom. The Bertz CT molecular complexity index is 1490. The molecular weight excluding hydrogens is 684 g/mol. The minimum Gasteiger partial charge on any atom is -0.224 e. The maximum Gasteiger partial charge on any atom is 0.184 e. The highest BCUT2D eigenvalue weighted by atomic mass is 127. The van der Waals surface area contributed by atoms with Crippen LogP contribution in [0.5, 0.6) is 0 Å². The van der Waals surface area contributed by atoms with Crippen molar-refractivity contribution in [3.05, 3.63) is 84.3 Å². The zero-order valence-corrected chi connectivity index (χ0v) is 23.8. The second-order valence-corrected chi connectivity index (χ2v) is 13.7. The molecule has 33 heavy (non-hydrogen) atoms. The number of aromatic nitrogens is 1. The van der Waals surface area contributed by atoms with E-state index in [1.807, 2.05) is 30.1 Å². The fourth-order valence-corrected chi connectivity index (χ4v) is 5.03. The molecule has 0 aliphatic rings. The van der Waals surface area contributed by atoms with Crippen LogP contribution in [0.3, 0.4) is 0 Å². The predicted molar refractivity (Wildman–Crippen MR) is 144 cm³/mol. The number of halogens is 2. The van der Waals surface area contributed by atoms with E-state index in [0.717, 1.165) is 7.14 Å². The van der Waals surface area contributed by atoms with Crippen LogP contribution in [0, 0.1) is 30.8 Å². The SMILES string of the molecule is C[n+]1cc(C#Cc2cc(S(C)(=O)=O)ccc2I)cc(C#Cc2cc(S(C)(=O)=O)ccc2I)c1. The van der Waals surface area contributed by atoms with E-state index in [2.05, 4.69) is 68.9 Å². The first-order valence-electron chi connectivity index (χ1n) is 9.36. The molecule has 0 fully saturated rings. The van der Waals surface area contributed by atoms with Crippen molar-refractivity contribution < 1.29 is 21.4 Å². The molecule has 0 bridgehead atoms. The first-order valence-corrected chi connectivity index (χ1v) is 15.3. The van der Waals surface area contributed by atoms with Gasteiger partial charge in [0.25, 0.3) is 0 Å². The molecule has 0 radical (unpaired) electrons. The van der Waals surface area contributed by atoms with Crippen molar-refractivity contribution in [1.29, 1.82) is 0 Å². The summed E-state index contributed by atoms with van der Waals surface area (Å²) in [5.74, 6) is 12.3. The molecule has 0 saturated heterocycles. The maximum absolute atomic E-state index is 11.8. The number of hydrogen-bond acceptors (Lipinski definition) is 4. The lowest BCUT2D eigenvalue weighted by atomic mass is 10.1. The van der Waals surface area contributed by atoms with Gasteiger partial charge in [-0.3, -0.25) is 0 Å². The fourth-order valence-electron chi connectivity index (χ4n) is 2.80. The normalized spacial score (nSPS) is 11.2. The molecule has 1 heterocycles. The predicted octanol–water partition coefficient (Wildman–Crippen LogP) is 3.33. The minimum absolute atomic E-state index is 0.225. The van der Waals surface area contributed by atoms with Crippen LogP contribution in [0.2, 0.25) is 0 Å².